The lowest BCUT2D eigenvalue weighted by atomic mass is 10.1. The number of carbonyl (C=O) groups excluding carboxylic acids is 3. The van der Waals surface area contributed by atoms with Crippen LogP contribution in [0.3, 0.4) is 0 Å². The van der Waals surface area contributed by atoms with E-state index in [0.29, 0.717) is 24.1 Å². The van der Waals surface area contributed by atoms with Crippen LogP contribution in [0.4, 0.5) is 4.39 Å². The van der Waals surface area contributed by atoms with E-state index >= 15 is 0 Å². The van der Waals surface area contributed by atoms with Crippen LogP contribution < -0.4 is 16.0 Å². The third-order valence-electron chi connectivity index (χ3n) is 5.21. The number of aromatic nitrogens is 2. The molecule has 3 amide bonds. The van der Waals surface area contributed by atoms with E-state index in [1.807, 2.05) is 13.8 Å². The smallest absolute Gasteiger partial charge is 0.256 e. The monoisotopic (exact) mass is 479 g/mol. The Kier molecular flexibility index (Phi) is 9.84. The molecule has 0 spiro atoms. The molecule has 0 fully saturated rings. The molecule has 3 N–H and O–H groups in total. The SMILES string of the molecule is CCCCC(CNC(=O)c1c(CC)nn(C)c1Cl)NC(=O)c1ccc(CNC(C)=O)c(F)c1. The summed E-state index contributed by atoms with van der Waals surface area (Å²) in [6, 6.07) is 3.78. The van der Waals surface area contributed by atoms with Crippen LogP contribution in [0.15, 0.2) is 18.2 Å². The zero-order valence-electron chi connectivity index (χ0n) is 19.4. The minimum atomic E-state index is -0.576. The Morgan fingerprint density at radius 2 is 1.91 bits per heavy atom. The van der Waals surface area contributed by atoms with Crippen LogP contribution in [0.5, 0.6) is 0 Å². The van der Waals surface area contributed by atoms with E-state index in [1.54, 1.807) is 7.05 Å². The summed E-state index contributed by atoms with van der Waals surface area (Å²) < 4.78 is 15.8. The van der Waals surface area contributed by atoms with Gasteiger partial charge in [0, 0.05) is 44.2 Å². The molecular weight excluding hydrogens is 449 g/mol. The van der Waals surface area contributed by atoms with Crippen molar-refractivity contribution in [3.05, 3.63) is 51.6 Å². The summed E-state index contributed by atoms with van der Waals surface area (Å²) in [6.45, 7) is 5.51. The zero-order chi connectivity index (χ0) is 24.5. The molecule has 1 unspecified atom stereocenters. The first-order valence-electron chi connectivity index (χ1n) is 11.0. The van der Waals surface area contributed by atoms with Crippen LogP contribution in [-0.4, -0.2) is 40.1 Å². The Morgan fingerprint density at radius 3 is 2.52 bits per heavy atom. The fraction of sp³-hybridized carbons (Fsp3) is 0.478. The lowest BCUT2D eigenvalue weighted by Crippen LogP contribution is -2.44. The second kappa shape index (κ2) is 12.3. The standard InChI is InChI=1S/C23H31ClFN5O3/c1-5-7-8-17(13-27-23(33)20-19(6-2)29-30(4)21(20)24)28-22(32)15-9-10-16(18(25)11-15)12-26-14(3)31/h9-11,17H,5-8,12-13H2,1-4H3,(H,26,31)(H,27,33)(H,28,32). The van der Waals surface area contributed by atoms with E-state index in [2.05, 4.69) is 21.0 Å². The van der Waals surface area contributed by atoms with Gasteiger partial charge in [0.2, 0.25) is 5.91 Å². The normalized spacial score (nSPS) is 11.7. The van der Waals surface area contributed by atoms with Crippen LogP contribution in [0, 0.1) is 5.82 Å². The van der Waals surface area contributed by atoms with E-state index in [9.17, 15) is 18.8 Å². The summed E-state index contributed by atoms with van der Waals surface area (Å²) in [7, 11) is 1.67. The zero-order valence-corrected chi connectivity index (χ0v) is 20.2. The maximum absolute atomic E-state index is 14.3. The number of nitrogens with one attached hydrogen (secondary N) is 3. The summed E-state index contributed by atoms with van der Waals surface area (Å²) in [5.74, 6) is -1.64. The Bertz CT molecular complexity index is 1010. The van der Waals surface area contributed by atoms with Gasteiger partial charge in [-0.1, -0.05) is 44.4 Å². The van der Waals surface area contributed by atoms with Crippen molar-refractivity contribution in [2.75, 3.05) is 6.54 Å². The summed E-state index contributed by atoms with van der Waals surface area (Å²) in [5, 5.41) is 12.7. The fourth-order valence-corrected chi connectivity index (χ4v) is 3.56. The molecule has 8 nitrogen and oxygen atoms in total. The molecule has 180 valence electrons. The van der Waals surface area contributed by atoms with Gasteiger partial charge in [-0.25, -0.2) is 4.39 Å². The number of rotatable bonds is 11. The second-order valence-electron chi connectivity index (χ2n) is 7.83. The Labute approximate surface area is 198 Å². The van der Waals surface area contributed by atoms with Crippen LogP contribution in [0.25, 0.3) is 0 Å². The quantitative estimate of drug-likeness (QED) is 0.460. The van der Waals surface area contributed by atoms with Crippen molar-refractivity contribution in [2.24, 2.45) is 7.05 Å². The minimum Gasteiger partial charge on any atom is -0.352 e. The molecule has 0 saturated heterocycles. The van der Waals surface area contributed by atoms with Crippen LogP contribution in [0.1, 0.15) is 72.0 Å². The Morgan fingerprint density at radius 1 is 1.18 bits per heavy atom. The highest BCUT2D eigenvalue weighted by Gasteiger charge is 2.22. The molecule has 2 aromatic rings. The lowest BCUT2D eigenvalue weighted by Gasteiger charge is -2.19. The van der Waals surface area contributed by atoms with Crippen LogP contribution in [-0.2, 0) is 24.8 Å². The molecule has 0 aliphatic carbocycles. The van der Waals surface area contributed by atoms with Gasteiger partial charge in [0.25, 0.3) is 11.8 Å². The minimum absolute atomic E-state index is 0.0465. The van der Waals surface area contributed by atoms with E-state index in [0.717, 1.165) is 18.9 Å². The number of hydrogen-bond donors (Lipinski definition) is 3. The highest BCUT2D eigenvalue weighted by Crippen LogP contribution is 2.19. The van der Waals surface area contributed by atoms with Crippen molar-refractivity contribution in [2.45, 2.75) is 59.0 Å². The molecule has 0 bridgehead atoms. The van der Waals surface area contributed by atoms with Gasteiger partial charge < -0.3 is 16.0 Å². The molecule has 1 heterocycles. The van der Waals surface area contributed by atoms with Crippen molar-refractivity contribution >= 4 is 29.3 Å². The molecule has 0 aliphatic heterocycles. The number of halogens is 2. The molecule has 10 heteroatoms. The Balaban J connectivity index is 2.06. The van der Waals surface area contributed by atoms with E-state index in [4.69, 9.17) is 11.6 Å². The van der Waals surface area contributed by atoms with Gasteiger partial charge >= 0.3 is 0 Å². The lowest BCUT2D eigenvalue weighted by molar-refractivity contribution is -0.119. The first kappa shape index (κ1) is 26.3. The van der Waals surface area contributed by atoms with Crippen molar-refractivity contribution in [3.63, 3.8) is 0 Å². The summed E-state index contributed by atoms with van der Waals surface area (Å²) >= 11 is 6.23. The summed E-state index contributed by atoms with van der Waals surface area (Å²) in [6.07, 6.45) is 2.97. The second-order valence-corrected chi connectivity index (χ2v) is 8.19. The first-order chi connectivity index (χ1) is 15.7. The first-order valence-corrected chi connectivity index (χ1v) is 11.4. The van der Waals surface area contributed by atoms with Gasteiger partial charge in [-0.05, 0) is 25.0 Å². The molecule has 1 aromatic carbocycles. The third kappa shape index (κ3) is 7.28. The van der Waals surface area contributed by atoms with E-state index < -0.39 is 11.7 Å². The average Bonchev–Trinajstić information content (AvgIpc) is 3.07. The third-order valence-corrected chi connectivity index (χ3v) is 5.64. The van der Waals surface area contributed by atoms with Gasteiger partial charge in [-0.3, -0.25) is 19.1 Å². The van der Waals surface area contributed by atoms with E-state index in [-0.39, 0.29) is 47.2 Å². The van der Waals surface area contributed by atoms with Gasteiger partial charge in [-0.15, -0.1) is 0 Å². The van der Waals surface area contributed by atoms with Crippen molar-refractivity contribution < 1.29 is 18.8 Å². The van der Waals surface area contributed by atoms with Crippen LogP contribution in [0.2, 0.25) is 5.15 Å². The van der Waals surface area contributed by atoms with Crippen molar-refractivity contribution in [1.29, 1.82) is 0 Å². The van der Waals surface area contributed by atoms with Gasteiger partial charge in [0.15, 0.2) is 0 Å². The maximum Gasteiger partial charge on any atom is 0.256 e. The fourth-order valence-electron chi connectivity index (χ4n) is 3.33. The molecule has 33 heavy (non-hydrogen) atoms. The number of hydrogen-bond acceptors (Lipinski definition) is 4. The number of unbranched alkanes of at least 4 members (excludes halogenated alkanes) is 1. The molecule has 0 saturated carbocycles. The highest BCUT2D eigenvalue weighted by atomic mass is 35.5. The van der Waals surface area contributed by atoms with Gasteiger partial charge in [0.1, 0.15) is 11.0 Å². The predicted octanol–water partition coefficient (Wildman–Crippen LogP) is 3.13. The molecule has 1 atom stereocenters. The largest absolute Gasteiger partial charge is 0.352 e. The number of nitrogens with zero attached hydrogens (tertiary/aromatic N) is 2. The number of amides is 3. The van der Waals surface area contributed by atoms with Crippen LogP contribution >= 0.6 is 11.6 Å². The van der Waals surface area contributed by atoms with Crippen molar-refractivity contribution in [3.8, 4) is 0 Å². The van der Waals surface area contributed by atoms with E-state index in [1.165, 1.54) is 23.7 Å². The number of aryl methyl sites for hydroxylation is 2. The van der Waals surface area contributed by atoms with Gasteiger partial charge in [-0.2, -0.15) is 5.10 Å². The van der Waals surface area contributed by atoms with Gasteiger partial charge in [0.05, 0.1) is 11.3 Å². The molecule has 2 rings (SSSR count). The summed E-state index contributed by atoms with van der Waals surface area (Å²) in [5.41, 5.74) is 1.38. The molecule has 0 aliphatic rings. The summed E-state index contributed by atoms with van der Waals surface area (Å²) in [4.78, 5) is 36.5. The number of carbonyl (C=O) groups is 3. The topological polar surface area (TPSA) is 105 Å². The van der Waals surface area contributed by atoms with Crippen molar-refractivity contribution in [1.82, 2.24) is 25.7 Å². The molecular formula is C23H31ClFN5O3. The average molecular weight is 480 g/mol. The molecule has 0 radical (unpaired) electrons. The predicted molar refractivity (Wildman–Crippen MR) is 125 cm³/mol. The molecule has 1 aromatic heterocycles. The Hall–Kier alpha value is -2.94. The highest BCUT2D eigenvalue weighted by molar-refractivity contribution is 6.33. The maximum atomic E-state index is 14.3. The number of benzene rings is 1.